The van der Waals surface area contributed by atoms with Crippen LogP contribution in [0.3, 0.4) is 0 Å². The third-order valence-corrected chi connectivity index (χ3v) is 2.75. The lowest BCUT2D eigenvalue weighted by molar-refractivity contribution is 0.0973. The minimum Gasteiger partial charge on any atom is -0.381 e. The van der Waals surface area contributed by atoms with E-state index < -0.39 is 0 Å². The van der Waals surface area contributed by atoms with Crippen molar-refractivity contribution in [1.29, 1.82) is 0 Å². The molecule has 0 saturated heterocycles. The van der Waals surface area contributed by atoms with Crippen molar-refractivity contribution in [3.05, 3.63) is 0 Å². The minimum atomic E-state index is 0.388. The third-order valence-electron chi connectivity index (χ3n) is 2.75. The Bertz CT molecular complexity index is 116. The molecule has 12 heavy (non-hydrogen) atoms. The van der Waals surface area contributed by atoms with Crippen molar-refractivity contribution < 1.29 is 4.74 Å². The molecule has 1 fully saturated rings. The highest BCUT2D eigenvalue weighted by atomic mass is 16.5. The monoisotopic (exact) mass is 171 g/mol. The number of ether oxygens (including phenoxy) is 1. The van der Waals surface area contributed by atoms with Crippen LogP contribution in [0.4, 0.5) is 0 Å². The van der Waals surface area contributed by atoms with Gasteiger partial charge in [-0.05, 0) is 25.7 Å². The molecular formula is C10H21NO. The average Bonchev–Trinajstić information content (AvgIpc) is 2.27. The van der Waals surface area contributed by atoms with E-state index in [1.807, 2.05) is 6.92 Å². The first-order valence-corrected chi connectivity index (χ1v) is 5.18. The minimum absolute atomic E-state index is 0.388. The van der Waals surface area contributed by atoms with Crippen LogP contribution >= 0.6 is 0 Å². The molecule has 0 heterocycles. The van der Waals surface area contributed by atoms with E-state index in [2.05, 4.69) is 0 Å². The molecule has 0 aliphatic heterocycles. The molecule has 72 valence electrons. The molecule has 0 bridgehead atoms. The maximum atomic E-state index is 6.04. The normalized spacial score (nSPS) is 31.5. The van der Waals surface area contributed by atoms with E-state index in [0.29, 0.717) is 12.0 Å². The molecule has 2 heteroatoms. The summed E-state index contributed by atoms with van der Waals surface area (Å²) in [5.74, 6) is 0.618. The van der Waals surface area contributed by atoms with Gasteiger partial charge in [0.15, 0.2) is 0 Å². The molecule has 1 aliphatic carbocycles. The van der Waals surface area contributed by atoms with Crippen LogP contribution in [0, 0.1) is 5.92 Å². The van der Waals surface area contributed by atoms with Crippen LogP contribution in [0.5, 0.6) is 0 Å². The Balaban J connectivity index is 2.26. The Kier molecular flexibility index (Phi) is 4.62. The number of nitrogens with two attached hydrogens (primary N) is 1. The molecule has 2 N–H and O–H groups in total. The van der Waals surface area contributed by atoms with Crippen LogP contribution in [0.15, 0.2) is 0 Å². The second-order valence-corrected chi connectivity index (χ2v) is 3.72. The lowest BCUT2D eigenvalue weighted by Crippen LogP contribution is -2.32. The zero-order valence-electron chi connectivity index (χ0n) is 8.09. The highest BCUT2D eigenvalue weighted by Gasteiger charge is 2.19. The van der Waals surface area contributed by atoms with E-state index in [4.69, 9.17) is 10.5 Å². The standard InChI is InChI=1S/C10H21NO/c1-2-12-8-9-6-4-3-5-7-10(9)11/h9-10H,2-8,11H2,1H3. The van der Waals surface area contributed by atoms with Crippen molar-refractivity contribution in [3.8, 4) is 0 Å². The van der Waals surface area contributed by atoms with Crippen LogP contribution in [0.2, 0.25) is 0 Å². The van der Waals surface area contributed by atoms with E-state index in [1.165, 1.54) is 32.1 Å². The molecule has 1 rings (SSSR count). The summed E-state index contributed by atoms with van der Waals surface area (Å²) in [5.41, 5.74) is 6.04. The van der Waals surface area contributed by atoms with Crippen molar-refractivity contribution >= 4 is 0 Å². The quantitative estimate of drug-likeness (QED) is 0.658. The fraction of sp³-hybridized carbons (Fsp3) is 1.00. The van der Waals surface area contributed by atoms with Crippen LogP contribution in [-0.2, 0) is 4.74 Å². The molecule has 2 unspecified atom stereocenters. The Labute approximate surface area is 75.5 Å². The van der Waals surface area contributed by atoms with Gasteiger partial charge in [-0.15, -0.1) is 0 Å². The first-order chi connectivity index (χ1) is 5.84. The predicted octanol–water partition coefficient (Wildman–Crippen LogP) is 1.93. The SMILES string of the molecule is CCOCC1CCCCCC1N. The molecule has 0 aromatic carbocycles. The number of rotatable bonds is 3. The van der Waals surface area contributed by atoms with Crippen molar-refractivity contribution in [2.75, 3.05) is 13.2 Å². The first-order valence-electron chi connectivity index (χ1n) is 5.18. The number of hydrogen-bond donors (Lipinski definition) is 1. The summed E-state index contributed by atoms with van der Waals surface area (Å²) in [7, 11) is 0. The van der Waals surface area contributed by atoms with Gasteiger partial charge in [0.2, 0.25) is 0 Å². The lowest BCUT2D eigenvalue weighted by Gasteiger charge is -2.20. The zero-order valence-corrected chi connectivity index (χ0v) is 8.09. The van der Waals surface area contributed by atoms with E-state index in [0.717, 1.165) is 13.2 Å². The Morgan fingerprint density at radius 1 is 1.25 bits per heavy atom. The van der Waals surface area contributed by atoms with Gasteiger partial charge in [0.25, 0.3) is 0 Å². The molecule has 0 aromatic heterocycles. The van der Waals surface area contributed by atoms with Gasteiger partial charge >= 0.3 is 0 Å². The van der Waals surface area contributed by atoms with Gasteiger partial charge in [0.05, 0.1) is 6.61 Å². The van der Waals surface area contributed by atoms with Crippen molar-refractivity contribution in [1.82, 2.24) is 0 Å². The van der Waals surface area contributed by atoms with Gasteiger partial charge in [-0.25, -0.2) is 0 Å². The van der Waals surface area contributed by atoms with Gasteiger partial charge in [-0.2, -0.15) is 0 Å². The summed E-state index contributed by atoms with van der Waals surface area (Å²) in [4.78, 5) is 0. The summed E-state index contributed by atoms with van der Waals surface area (Å²) >= 11 is 0. The summed E-state index contributed by atoms with van der Waals surface area (Å²) < 4.78 is 5.42. The molecular weight excluding hydrogens is 150 g/mol. The topological polar surface area (TPSA) is 35.2 Å². The molecule has 0 aromatic rings. The maximum Gasteiger partial charge on any atom is 0.0508 e. The van der Waals surface area contributed by atoms with Crippen LogP contribution in [0.25, 0.3) is 0 Å². The molecule has 1 saturated carbocycles. The van der Waals surface area contributed by atoms with Gasteiger partial charge in [-0.1, -0.05) is 19.3 Å². The lowest BCUT2D eigenvalue weighted by atomic mass is 9.97. The summed E-state index contributed by atoms with van der Waals surface area (Å²) in [5, 5.41) is 0. The molecule has 2 atom stereocenters. The van der Waals surface area contributed by atoms with E-state index in [-0.39, 0.29) is 0 Å². The Hall–Kier alpha value is -0.0800. The predicted molar refractivity (Wildman–Crippen MR) is 51.0 cm³/mol. The van der Waals surface area contributed by atoms with Gasteiger partial charge in [0.1, 0.15) is 0 Å². The average molecular weight is 171 g/mol. The summed E-state index contributed by atoms with van der Waals surface area (Å²) in [6.45, 7) is 3.74. The maximum absolute atomic E-state index is 6.04. The second-order valence-electron chi connectivity index (χ2n) is 3.72. The highest BCUT2D eigenvalue weighted by Crippen LogP contribution is 2.22. The van der Waals surface area contributed by atoms with Gasteiger partial charge < -0.3 is 10.5 Å². The Morgan fingerprint density at radius 2 is 2.00 bits per heavy atom. The fourth-order valence-corrected chi connectivity index (χ4v) is 1.89. The largest absolute Gasteiger partial charge is 0.381 e. The fourth-order valence-electron chi connectivity index (χ4n) is 1.89. The van der Waals surface area contributed by atoms with E-state index in [1.54, 1.807) is 0 Å². The van der Waals surface area contributed by atoms with Gasteiger partial charge in [-0.3, -0.25) is 0 Å². The summed E-state index contributed by atoms with van der Waals surface area (Å²) in [6, 6.07) is 0.388. The summed E-state index contributed by atoms with van der Waals surface area (Å²) in [6.07, 6.45) is 6.46. The van der Waals surface area contributed by atoms with E-state index in [9.17, 15) is 0 Å². The van der Waals surface area contributed by atoms with Crippen molar-refractivity contribution in [2.24, 2.45) is 11.7 Å². The molecule has 0 amide bonds. The van der Waals surface area contributed by atoms with Crippen molar-refractivity contribution in [3.63, 3.8) is 0 Å². The third kappa shape index (κ3) is 3.11. The van der Waals surface area contributed by atoms with Crippen LogP contribution < -0.4 is 5.73 Å². The smallest absolute Gasteiger partial charge is 0.0508 e. The second kappa shape index (κ2) is 5.55. The molecule has 2 nitrogen and oxygen atoms in total. The highest BCUT2D eigenvalue weighted by molar-refractivity contribution is 4.75. The van der Waals surface area contributed by atoms with Crippen LogP contribution in [0.1, 0.15) is 39.0 Å². The molecule has 0 spiro atoms. The molecule has 0 radical (unpaired) electrons. The Morgan fingerprint density at radius 3 is 2.75 bits per heavy atom. The van der Waals surface area contributed by atoms with Crippen molar-refractivity contribution in [2.45, 2.75) is 45.1 Å². The number of hydrogen-bond acceptors (Lipinski definition) is 2. The van der Waals surface area contributed by atoms with E-state index >= 15 is 0 Å². The van der Waals surface area contributed by atoms with Gasteiger partial charge in [0, 0.05) is 12.6 Å². The van der Waals surface area contributed by atoms with Crippen LogP contribution in [-0.4, -0.2) is 19.3 Å². The zero-order chi connectivity index (χ0) is 8.81. The molecule has 1 aliphatic rings. The first kappa shape index (κ1) is 10.0.